The molecule has 1 saturated heterocycles. The van der Waals surface area contributed by atoms with Gasteiger partial charge < -0.3 is 9.80 Å². The second-order valence-corrected chi connectivity index (χ2v) is 5.64. The second-order valence-electron chi connectivity index (χ2n) is 5.23. The molecule has 23 heavy (non-hydrogen) atoms. The third-order valence-electron chi connectivity index (χ3n) is 3.90. The van der Waals surface area contributed by atoms with E-state index in [-0.39, 0.29) is 17.6 Å². The standard InChI is InChI=1S/C16H14ClN5O/c1-21(15-10-19-11(8-18)9-20-15)14-6-7-22(16(14)23)13-5-3-2-4-12(13)17/h2-5,9-10,14H,6-7H2,1H3. The van der Waals surface area contributed by atoms with Crippen molar-refractivity contribution in [1.29, 1.82) is 5.26 Å². The van der Waals surface area contributed by atoms with Crippen LogP contribution < -0.4 is 9.80 Å². The van der Waals surface area contributed by atoms with E-state index in [2.05, 4.69) is 9.97 Å². The third-order valence-corrected chi connectivity index (χ3v) is 4.22. The molecule has 1 amide bonds. The molecule has 0 radical (unpaired) electrons. The number of nitriles is 1. The molecule has 0 N–H and O–H groups in total. The van der Waals surface area contributed by atoms with Crippen LogP contribution in [0, 0.1) is 11.3 Å². The molecule has 1 fully saturated rings. The van der Waals surface area contributed by atoms with E-state index in [9.17, 15) is 4.79 Å². The lowest BCUT2D eigenvalue weighted by Crippen LogP contribution is -2.40. The van der Waals surface area contributed by atoms with Crippen LogP contribution in [0.3, 0.4) is 0 Å². The summed E-state index contributed by atoms with van der Waals surface area (Å²) in [5, 5.41) is 9.33. The Balaban J connectivity index is 1.81. The van der Waals surface area contributed by atoms with Crippen LogP contribution in [-0.4, -0.2) is 35.5 Å². The Morgan fingerprint density at radius 3 is 2.78 bits per heavy atom. The highest BCUT2D eigenvalue weighted by Crippen LogP contribution is 2.30. The van der Waals surface area contributed by atoms with E-state index in [1.54, 1.807) is 22.9 Å². The fourth-order valence-corrected chi connectivity index (χ4v) is 2.89. The number of halogens is 1. The van der Waals surface area contributed by atoms with Gasteiger partial charge in [0.25, 0.3) is 0 Å². The summed E-state index contributed by atoms with van der Waals surface area (Å²) in [5.41, 5.74) is 0.971. The number of hydrogen-bond donors (Lipinski definition) is 0. The molecule has 1 aliphatic heterocycles. The SMILES string of the molecule is CN(c1cnc(C#N)cn1)C1CCN(c2ccccc2Cl)C1=O. The normalized spacial score (nSPS) is 17.2. The van der Waals surface area contributed by atoms with Crippen LogP contribution in [0.5, 0.6) is 0 Å². The minimum Gasteiger partial charge on any atom is -0.346 e. The summed E-state index contributed by atoms with van der Waals surface area (Å²) >= 11 is 6.19. The number of anilines is 2. The lowest BCUT2D eigenvalue weighted by Gasteiger charge is -2.24. The van der Waals surface area contributed by atoms with E-state index in [0.717, 1.165) is 5.69 Å². The molecule has 1 unspecified atom stereocenters. The van der Waals surface area contributed by atoms with Gasteiger partial charge in [-0.15, -0.1) is 0 Å². The van der Waals surface area contributed by atoms with Gasteiger partial charge in [0.1, 0.15) is 17.9 Å². The first-order chi connectivity index (χ1) is 11.1. The molecule has 6 nitrogen and oxygen atoms in total. The number of likely N-dealkylation sites (N-methyl/N-ethyl adjacent to an activating group) is 1. The highest BCUT2D eigenvalue weighted by Gasteiger charge is 2.36. The van der Waals surface area contributed by atoms with Crippen molar-refractivity contribution in [1.82, 2.24) is 9.97 Å². The maximum atomic E-state index is 12.7. The molecule has 0 bridgehead atoms. The van der Waals surface area contributed by atoms with Gasteiger partial charge in [-0.3, -0.25) is 4.79 Å². The Labute approximate surface area is 138 Å². The Morgan fingerprint density at radius 2 is 2.13 bits per heavy atom. The van der Waals surface area contributed by atoms with E-state index in [0.29, 0.717) is 23.8 Å². The molecule has 0 spiro atoms. The van der Waals surface area contributed by atoms with Gasteiger partial charge in [0.15, 0.2) is 5.69 Å². The van der Waals surface area contributed by atoms with Crippen LogP contribution in [0.2, 0.25) is 5.02 Å². The predicted octanol–water partition coefficient (Wildman–Crippen LogP) is 2.24. The summed E-state index contributed by atoms with van der Waals surface area (Å²) in [4.78, 5) is 24.4. The maximum Gasteiger partial charge on any atom is 0.249 e. The lowest BCUT2D eigenvalue weighted by atomic mass is 10.2. The first kappa shape index (κ1) is 15.3. The van der Waals surface area contributed by atoms with Gasteiger partial charge in [0, 0.05) is 13.6 Å². The average molecular weight is 328 g/mol. The molecule has 2 aromatic rings. The van der Waals surface area contributed by atoms with Crippen LogP contribution in [-0.2, 0) is 4.79 Å². The van der Waals surface area contributed by atoms with Crippen LogP contribution in [0.4, 0.5) is 11.5 Å². The van der Waals surface area contributed by atoms with E-state index in [1.807, 2.05) is 24.3 Å². The van der Waals surface area contributed by atoms with Crippen molar-refractivity contribution in [3.63, 3.8) is 0 Å². The van der Waals surface area contributed by atoms with Gasteiger partial charge >= 0.3 is 0 Å². The monoisotopic (exact) mass is 327 g/mol. The fraction of sp³-hybridized carbons (Fsp3) is 0.250. The number of nitrogens with zero attached hydrogens (tertiary/aromatic N) is 5. The number of rotatable bonds is 3. The second kappa shape index (κ2) is 6.23. The van der Waals surface area contributed by atoms with Crippen molar-refractivity contribution in [2.45, 2.75) is 12.5 Å². The number of amides is 1. The molecule has 0 saturated carbocycles. The van der Waals surface area contributed by atoms with Gasteiger partial charge in [-0.25, -0.2) is 9.97 Å². The molecular formula is C16H14ClN5O. The van der Waals surface area contributed by atoms with Crippen molar-refractivity contribution in [2.75, 3.05) is 23.4 Å². The van der Waals surface area contributed by atoms with Crippen molar-refractivity contribution in [3.8, 4) is 6.07 Å². The van der Waals surface area contributed by atoms with Gasteiger partial charge in [0.2, 0.25) is 5.91 Å². The Kier molecular flexibility index (Phi) is 4.13. The summed E-state index contributed by atoms with van der Waals surface area (Å²) < 4.78 is 0. The zero-order valence-electron chi connectivity index (χ0n) is 12.5. The Bertz CT molecular complexity index is 771. The molecule has 116 valence electrons. The summed E-state index contributed by atoms with van der Waals surface area (Å²) in [7, 11) is 1.80. The largest absolute Gasteiger partial charge is 0.346 e. The first-order valence-electron chi connectivity index (χ1n) is 7.12. The van der Waals surface area contributed by atoms with Crippen LogP contribution in [0.1, 0.15) is 12.1 Å². The smallest absolute Gasteiger partial charge is 0.249 e. The minimum absolute atomic E-state index is 0.0215. The molecular weight excluding hydrogens is 314 g/mol. The molecule has 7 heteroatoms. The van der Waals surface area contributed by atoms with E-state index in [1.165, 1.54) is 12.4 Å². The van der Waals surface area contributed by atoms with Gasteiger partial charge in [-0.05, 0) is 18.6 Å². The van der Waals surface area contributed by atoms with Gasteiger partial charge in [-0.2, -0.15) is 5.26 Å². The molecule has 1 aromatic heterocycles. The zero-order valence-corrected chi connectivity index (χ0v) is 13.2. The van der Waals surface area contributed by atoms with E-state index in [4.69, 9.17) is 16.9 Å². The summed E-state index contributed by atoms with van der Waals surface area (Å²) in [6, 6.07) is 8.90. The number of aromatic nitrogens is 2. The molecule has 2 heterocycles. The van der Waals surface area contributed by atoms with Crippen LogP contribution >= 0.6 is 11.6 Å². The number of benzene rings is 1. The minimum atomic E-state index is -0.325. The molecule has 0 aliphatic carbocycles. The topological polar surface area (TPSA) is 73.1 Å². The van der Waals surface area contributed by atoms with Crippen molar-refractivity contribution < 1.29 is 4.79 Å². The first-order valence-corrected chi connectivity index (χ1v) is 7.50. The van der Waals surface area contributed by atoms with Crippen molar-refractivity contribution >= 4 is 29.0 Å². The van der Waals surface area contributed by atoms with Crippen molar-refractivity contribution in [2.24, 2.45) is 0 Å². The highest BCUT2D eigenvalue weighted by atomic mass is 35.5. The number of carbonyl (C=O) groups is 1. The van der Waals surface area contributed by atoms with E-state index >= 15 is 0 Å². The lowest BCUT2D eigenvalue weighted by molar-refractivity contribution is -0.118. The van der Waals surface area contributed by atoms with Crippen LogP contribution in [0.25, 0.3) is 0 Å². The summed E-state index contributed by atoms with van der Waals surface area (Å²) in [5.74, 6) is 0.537. The number of hydrogen-bond acceptors (Lipinski definition) is 5. The highest BCUT2D eigenvalue weighted by molar-refractivity contribution is 6.34. The maximum absolute atomic E-state index is 12.7. The quantitative estimate of drug-likeness (QED) is 0.864. The fourth-order valence-electron chi connectivity index (χ4n) is 2.65. The molecule has 1 aromatic carbocycles. The summed E-state index contributed by atoms with van der Waals surface area (Å²) in [6.45, 7) is 0.598. The van der Waals surface area contributed by atoms with Gasteiger partial charge in [-0.1, -0.05) is 23.7 Å². The third kappa shape index (κ3) is 2.83. The predicted molar refractivity (Wildman–Crippen MR) is 87.4 cm³/mol. The Hall–Kier alpha value is -2.65. The van der Waals surface area contributed by atoms with Crippen molar-refractivity contribution in [3.05, 3.63) is 47.4 Å². The Morgan fingerprint density at radius 1 is 1.35 bits per heavy atom. The number of para-hydroxylation sites is 1. The van der Waals surface area contributed by atoms with E-state index < -0.39 is 0 Å². The molecule has 1 atom stereocenters. The van der Waals surface area contributed by atoms with Crippen LogP contribution in [0.15, 0.2) is 36.7 Å². The van der Waals surface area contributed by atoms with Gasteiger partial charge in [0.05, 0.1) is 23.1 Å². The summed E-state index contributed by atoms with van der Waals surface area (Å²) in [6.07, 6.45) is 3.57. The molecule has 3 rings (SSSR count). The zero-order chi connectivity index (χ0) is 16.4. The number of carbonyl (C=O) groups excluding carboxylic acids is 1. The molecule has 1 aliphatic rings. The average Bonchev–Trinajstić information content (AvgIpc) is 2.96.